The highest BCUT2D eigenvalue weighted by atomic mass is 32.1. The van der Waals surface area contributed by atoms with Gasteiger partial charge in [0.2, 0.25) is 0 Å². The van der Waals surface area contributed by atoms with Gasteiger partial charge in [0, 0.05) is 24.1 Å². The van der Waals surface area contributed by atoms with Gasteiger partial charge in [-0.3, -0.25) is 0 Å². The number of carbonyl (C=O) groups excluding carboxylic acids is 2. The van der Waals surface area contributed by atoms with Crippen LogP contribution >= 0.6 is 12.2 Å². The molecule has 0 saturated heterocycles. The van der Waals surface area contributed by atoms with Gasteiger partial charge in [0.1, 0.15) is 0 Å². The molecule has 31 heavy (non-hydrogen) atoms. The maximum absolute atomic E-state index is 12.7. The van der Waals surface area contributed by atoms with E-state index in [1.54, 1.807) is 24.9 Å². The van der Waals surface area contributed by atoms with Crippen molar-refractivity contribution in [1.82, 2.24) is 10.2 Å². The van der Waals surface area contributed by atoms with Gasteiger partial charge in [-0.1, -0.05) is 30.3 Å². The number of carbonyl (C=O) groups is 2. The van der Waals surface area contributed by atoms with Gasteiger partial charge in [0.05, 0.1) is 18.2 Å². The lowest BCUT2D eigenvalue weighted by Gasteiger charge is -2.35. The molecule has 162 valence electrons. The average molecular weight is 439 g/mol. The van der Waals surface area contributed by atoms with Crippen molar-refractivity contribution in [3.05, 3.63) is 70.9 Å². The normalized spacial score (nSPS) is 15.9. The number of allylic oxidation sites excluding steroid dienone is 1. The van der Waals surface area contributed by atoms with Crippen molar-refractivity contribution in [2.45, 2.75) is 26.8 Å². The van der Waals surface area contributed by atoms with E-state index in [4.69, 9.17) is 17.0 Å². The molecule has 2 aromatic carbocycles. The quantitative estimate of drug-likeness (QED) is 0.476. The van der Waals surface area contributed by atoms with Crippen LogP contribution in [0.1, 0.15) is 31.0 Å². The topological polar surface area (TPSA) is 82.7 Å². The number of nitrogens with one attached hydrogen (secondary N) is 3. The van der Waals surface area contributed by atoms with E-state index >= 15 is 0 Å². The van der Waals surface area contributed by atoms with Crippen molar-refractivity contribution in [2.75, 3.05) is 24.3 Å². The number of ether oxygens (including phenoxy) is 1. The van der Waals surface area contributed by atoms with Gasteiger partial charge in [0.25, 0.3) is 0 Å². The molecule has 1 atom stereocenters. The zero-order valence-corrected chi connectivity index (χ0v) is 18.8. The number of anilines is 2. The van der Waals surface area contributed by atoms with Gasteiger partial charge in [-0.05, 0) is 62.3 Å². The van der Waals surface area contributed by atoms with Crippen molar-refractivity contribution in [3.8, 4) is 0 Å². The minimum atomic E-state index is -0.482. The van der Waals surface area contributed by atoms with E-state index in [9.17, 15) is 9.59 Å². The van der Waals surface area contributed by atoms with Gasteiger partial charge >= 0.3 is 12.0 Å². The molecule has 0 saturated carbocycles. The second kappa shape index (κ2) is 9.61. The number of amides is 2. The Morgan fingerprint density at radius 3 is 2.58 bits per heavy atom. The molecule has 2 aromatic rings. The summed E-state index contributed by atoms with van der Waals surface area (Å²) in [6, 6.07) is 14.0. The van der Waals surface area contributed by atoms with Crippen LogP contribution in [0.15, 0.2) is 59.8 Å². The summed E-state index contributed by atoms with van der Waals surface area (Å²) in [5.74, 6) is -0.400. The summed E-state index contributed by atoms with van der Waals surface area (Å²) >= 11 is 5.42. The fourth-order valence-electron chi connectivity index (χ4n) is 3.35. The van der Waals surface area contributed by atoms with Crippen LogP contribution in [-0.2, 0) is 9.53 Å². The molecule has 0 aliphatic carbocycles. The number of urea groups is 1. The Labute approximate surface area is 187 Å². The number of hydrogen-bond acceptors (Lipinski definition) is 4. The molecule has 0 fully saturated rings. The molecule has 8 heteroatoms. The number of rotatable bonds is 5. The molecule has 0 aromatic heterocycles. The second-order valence-electron chi connectivity index (χ2n) is 7.18. The zero-order chi connectivity index (χ0) is 22.5. The highest BCUT2D eigenvalue weighted by Crippen LogP contribution is 2.32. The second-order valence-corrected chi connectivity index (χ2v) is 7.57. The molecule has 0 radical (unpaired) electrons. The fraction of sp³-hybridized carbons (Fsp3) is 0.261. The van der Waals surface area contributed by atoms with E-state index in [1.807, 2.05) is 56.3 Å². The smallest absolute Gasteiger partial charge is 0.338 e. The lowest BCUT2D eigenvalue weighted by Crippen LogP contribution is -2.46. The largest absolute Gasteiger partial charge is 0.463 e. The molecule has 0 spiro atoms. The van der Waals surface area contributed by atoms with E-state index in [1.165, 1.54) is 0 Å². The Hall–Kier alpha value is -3.39. The summed E-state index contributed by atoms with van der Waals surface area (Å²) in [6.07, 6.45) is 0. The summed E-state index contributed by atoms with van der Waals surface area (Å²) in [6.45, 7) is 5.81. The summed E-state index contributed by atoms with van der Waals surface area (Å²) in [5.41, 5.74) is 4.29. The Bertz CT molecular complexity index is 1050. The van der Waals surface area contributed by atoms with Gasteiger partial charge in [-0.15, -0.1) is 0 Å². The number of nitrogens with zero attached hydrogens (tertiary/aromatic N) is 1. The predicted octanol–water partition coefficient (Wildman–Crippen LogP) is 4.34. The van der Waals surface area contributed by atoms with Crippen LogP contribution in [0, 0.1) is 6.92 Å². The van der Waals surface area contributed by atoms with Crippen molar-refractivity contribution in [1.29, 1.82) is 0 Å². The third-order valence-electron chi connectivity index (χ3n) is 5.12. The lowest BCUT2D eigenvalue weighted by molar-refractivity contribution is -0.139. The first kappa shape index (κ1) is 22.3. The number of para-hydroxylation sites is 1. The molecule has 1 aliphatic heterocycles. The van der Waals surface area contributed by atoms with Crippen molar-refractivity contribution in [3.63, 3.8) is 0 Å². The first-order chi connectivity index (χ1) is 14.8. The Morgan fingerprint density at radius 2 is 1.87 bits per heavy atom. The third-order valence-corrected chi connectivity index (χ3v) is 5.51. The van der Waals surface area contributed by atoms with Crippen LogP contribution in [-0.4, -0.2) is 35.7 Å². The maximum atomic E-state index is 12.7. The molecule has 1 unspecified atom stereocenters. The molecule has 0 bridgehead atoms. The minimum absolute atomic E-state index is 0.275. The lowest BCUT2D eigenvalue weighted by atomic mass is 9.95. The molecule has 3 N–H and O–H groups in total. The van der Waals surface area contributed by atoms with E-state index in [0.717, 1.165) is 22.5 Å². The van der Waals surface area contributed by atoms with Gasteiger partial charge in [-0.2, -0.15) is 0 Å². The minimum Gasteiger partial charge on any atom is -0.463 e. The van der Waals surface area contributed by atoms with E-state index < -0.39 is 12.0 Å². The molecule has 1 aliphatic rings. The van der Waals surface area contributed by atoms with Gasteiger partial charge < -0.3 is 25.6 Å². The predicted molar refractivity (Wildman–Crippen MR) is 126 cm³/mol. The first-order valence-electron chi connectivity index (χ1n) is 9.97. The zero-order valence-electron chi connectivity index (χ0n) is 18.0. The van der Waals surface area contributed by atoms with Crippen LogP contribution in [0.25, 0.3) is 0 Å². The monoisotopic (exact) mass is 438 g/mol. The SMILES string of the molecule is CCOC(=O)C1=C(C)N(C)C(=S)NC1c1cccc(NC(=O)Nc2ccccc2C)c1. The van der Waals surface area contributed by atoms with Gasteiger partial charge in [0.15, 0.2) is 5.11 Å². The molecular formula is C23H26N4O3S. The average Bonchev–Trinajstić information content (AvgIpc) is 2.73. The Balaban J connectivity index is 1.85. The summed E-state index contributed by atoms with van der Waals surface area (Å²) in [4.78, 5) is 26.9. The highest BCUT2D eigenvalue weighted by molar-refractivity contribution is 7.80. The van der Waals surface area contributed by atoms with E-state index in [-0.39, 0.29) is 12.6 Å². The summed E-state index contributed by atoms with van der Waals surface area (Å²) in [5, 5.41) is 9.40. The van der Waals surface area contributed by atoms with Crippen molar-refractivity contribution >= 4 is 40.7 Å². The first-order valence-corrected chi connectivity index (χ1v) is 10.4. The number of thiocarbonyl (C=S) groups is 1. The summed E-state index contributed by atoms with van der Waals surface area (Å²) in [7, 11) is 1.80. The number of aryl methyl sites for hydroxylation is 1. The van der Waals surface area contributed by atoms with Crippen LogP contribution in [0.5, 0.6) is 0 Å². The molecule has 2 amide bonds. The molecule has 3 rings (SSSR count). The number of esters is 1. The molecule has 1 heterocycles. The Kier molecular flexibility index (Phi) is 6.91. The van der Waals surface area contributed by atoms with E-state index in [0.29, 0.717) is 16.4 Å². The summed E-state index contributed by atoms with van der Waals surface area (Å²) < 4.78 is 5.27. The molecule has 7 nitrogen and oxygen atoms in total. The van der Waals surface area contributed by atoms with Gasteiger partial charge in [-0.25, -0.2) is 9.59 Å². The van der Waals surface area contributed by atoms with Crippen LogP contribution in [0.2, 0.25) is 0 Å². The fourth-order valence-corrected chi connectivity index (χ4v) is 3.61. The maximum Gasteiger partial charge on any atom is 0.338 e. The highest BCUT2D eigenvalue weighted by Gasteiger charge is 2.33. The molecular weight excluding hydrogens is 412 g/mol. The number of hydrogen-bond donors (Lipinski definition) is 3. The standard InChI is InChI=1S/C23H26N4O3S/c1-5-30-21(28)19-15(3)27(4)23(31)26-20(19)16-10-8-11-17(13-16)24-22(29)25-18-12-7-6-9-14(18)2/h6-13,20H,5H2,1-4H3,(H,26,31)(H2,24,25,29). The van der Waals surface area contributed by atoms with Crippen LogP contribution < -0.4 is 16.0 Å². The van der Waals surface area contributed by atoms with E-state index in [2.05, 4.69) is 16.0 Å². The third kappa shape index (κ3) is 5.03. The van der Waals surface area contributed by atoms with Crippen molar-refractivity contribution < 1.29 is 14.3 Å². The van der Waals surface area contributed by atoms with Crippen LogP contribution in [0.4, 0.5) is 16.2 Å². The van der Waals surface area contributed by atoms with Crippen molar-refractivity contribution in [2.24, 2.45) is 0 Å². The van der Waals surface area contributed by atoms with Crippen LogP contribution in [0.3, 0.4) is 0 Å². The number of benzene rings is 2. The Morgan fingerprint density at radius 1 is 1.13 bits per heavy atom.